The van der Waals surface area contributed by atoms with Crippen molar-refractivity contribution in [2.75, 3.05) is 0 Å². The second-order valence-corrected chi connectivity index (χ2v) is 4.89. The molecule has 0 N–H and O–H groups in total. The number of benzene rings is 1. The number of aromatic nitrogens is 1. The van der Waals surface area contributed by atoms with Crippen molar-refractivity contribution in [3.05, 3.63) is 52.6 Å². The summed E-state index contributed by atoms with van der Waals surface area (Å²) in [5.41, 5.74) is 2.76. The van der Waals surface area contributed by atoms with E-state index in [-0.39, 0.29) is 16.9 Å². The molecule has 19 heavy (non-hydrogen) atoms. The fourth-order valence-corrected chi connectivity index (χ4v) is 2.16. The number of hydrogen-bond acceptors (Lipinski definition) is 2. The van der Waals surface area contributed by atoms with Crippen molar-refractivity contribution in [3.63, 3.8) is 0 Å². The van der Waals surface area contributed by atoms with Crippen LogP contribution in [-0.4, -0.2) is 4.98 Å². The van der Waals surface area contributed by atoms with E-state index in [9.17, 15) is 9.65 Å². The van der Waals surface area contributed by atoms with E-state index in [0.29, 0.717) is 5.56 Å². The number of nitrogens with zero attached hydrogens (tertiary/aromatic N) is 2. The summed E-state index contributed by atoms with van der Waals surface area (Å²) in [6.07, 6.45) is 1.67. The van der Waals surface area contributed by atoms with Crippen LogP contribution in [0.25, 0.3) is 11.1 Å². The molecule has 0 aliphatic heterocycles. The summed E-state index contributed by atoms with van der Waals surface area (Å²) in [4.78, 5) is 4.04. The fraction of sp³-hybridized carbons (Fsp3) is 0.200. The Morgan fingerprint density at radius 1 is 1.26 bits per heavy atom. The molecule has 1 aromatic carbocycles. The Bertz CT molecular complexity index is 642. The summed E-state index contributed by atoms with van der Waals surface area (Å²) in [6, 6.07) is 8.12. The Hall–Kier alpha value is -1.92. The first-order chi connectivity index (χ1) is 9.04. The molecular formula is C15H12ClFN2. The number of hydrogen-bond donors (Lipinski definition) is 0. The molecule has 1 aromatic heterocycles. The Balaban J connectivity index is 2.75. The third-order valence-corrected chi connectivity index (χ3v) is 3.22. The van der Waals surface area contributed by atoms with E-state index in [1.165, 1.54) is 12.1 Å². The molecule has 0 amide bonds. The summed E-state index contributed by atoms with van der Waals surface area (Å²) in [5, 5.41) is 9.45. The van der Waals surface area contributed by atoms with Crippen molar-refractivity contribution in [2.24, 2.45) is 0 Å². The van der Waals surface area contributed by atoms with Crippen molar-refractivity contribution in [1.29, 1.82) is 5.26 Å². The van der Waals surface area contributed by atoms with E-state index in [4.69, 9.17) is 11.6 Å². The van der Waals surface area contributed by atoms with Crippen molar-refractivity contribution in [1.82, 2.24) is 4.98 Å². The normalized spacial score (nSPS) is 10.5. The van der Waals surface area contributed by atoms with Gasteiger partial charge in [-0.25, -0.2) is 9.37 Å². The zero-order chi connectivity index (χ0) is 14.0. The number of halogens is 2. The first-order valence-corrected chi connectivity index (χ1v) is 6.26. The lowest BCUT2D eigenvalue weighted by atomic mass is 9.91. The first kappa shape index (κ1) is 13.5. The Labute approximate surface area is 116 Å². The van der Waals surface area contributed by atoms with Crippen LogP contribution >= 0.6 is 11.6 Å². The van der Waals surface area contributed by atoms with E-state index < -0.39 is 0 Å². The van der Waals surface area contributed by atoms with E-state index in [0.717, 1.165) is 16.7 Å². The van der Waals surface area contributed by atoms with Gasteiger partial charge in [0.05, 0.1) is 5.56 Å². The molecule has 0 saturated carbocycles. The molecule has 0 radical (unpaired) electrons. The zero-order valence-electron chi connectivity index (χ0n) is 10.6. The molecule has 96 valence electrons. The standard InChI is InChI=1S/C15H12ClFN2/c1-9(2)13-8-19-15(16)12(7-18)14(13)10-3-5-11(17)6-4-10/h3-6,8-9H,1-2H3. The molecule has 2 rings (SSSR count). The summed E-state index contributed by atoms with van der Waals surface area (Å²) in [6.45, 7) is 4.03. The monoisotopic (exact) mass is 274 g/mol. The van der Waals surface area contributed by atoms with Gasteiger partial charge >= 0.3 is 0 Å². The fourth-order valence-electron chi connectivity index (χ4n) is 1.97. The molecule has 1 heterocycles. The highest BCUT2D eigenvalue weighted by molar-refractivity contribution is 6.31. The predicted octanol–water partition coefficient (Wildman–Crippen LogP) is 4.54. The molecule has 0 spiro atoms. The first-order valence-electron chi connectivity index (χ1n) is 5.89. The van der Waals surface area contributed by atoms with Gasteiger partial charge in [-0.3, -0.25) is 0 Å². The summed E-state index contributed by atoms with van der Waals surface area (Å²) >= 11 is 5.98. The van der Waals surface area contributed by atoms with Gasteiger partial charge in [-0.15, -0.1) is 0 Å². The van der Waals surface area contributed by atoms with Gasteiger partial charge in [0.25, 0.3) is 0 Å². The third kappa shape index (κ3) is 2.59. The second kappa shape index (κ2) is 5.38. The molecule has 2 aromatic rings. The van der Waals surface area contributed by atoms with E-state index in [1.807, 2.05) is 13.8 Å². The summed E-state index contributed by atoms with van der Waals surface area (Å²) < 4.78 is 13.0. The minimum Gasteiger partial charge on any atom is -0.243 e. The van der Waals surface area contributed by atoms with Crippen molar-refractivity contribution >= 4 is 11.6 Å². The van der Waals surface area contributed by atoms with Crippen molar-refractivity contribution in [2.45, 2.75) is 19.8 Å². The molecular weight excluding hydrogens is 263 g/mol. The molecule has 0 aliphatic carbocycles. The molecule has 4 heteroatoms. The lowest BCUT2D eigenvalue weighted by Gasteiger charge is -2.14. The minimum absolute atomic E-state index is 0.172. The molecule has 2 nitrogen and oxygen atoms in total. The van der Waals surface area contributed by atoms with Gasteiger partial charge in [-0.05, 0) is 29.2 Å². The number of nitriles is 1. The lowest BCUT2D eigenvalue weighted by molar-refractivity contribution is 0.628. The topological polar surface area (TPSA) is 36.7 Å². The third-order valence-electron chi connectivity index (χ3n) is 2.93. The van der Waals surface area contributed by atoms with Crippen LogP contribution in [0.15, 0.2) is 30.5 Å². The van der Waals surface area contributed by atoms with Gasteiger partial charge in [0.1, 0.15) is 17.0 Å². The van der Waals surface area contributed by atoms with Gasteiger partial charge < -0.3 is 0 Å². The smallest absolute Gasteiger partial charge is 0.147 e. The molecule has 0 fully saturated rings. The SMILES string of the molecule is CC(C)c1cnc(Cl)c(C#N)c1-c1ccc(F)cc1. The van der Waals surface area contributed by atoms with E-state index in [1.54, 1.807) is 18.3 Å². The van der Waals surface area contributed by atoms with Gasteiger partial charge in [-0.2, -0.15) is 5.26 Å². The van der Waals surface area contributed by atoms with Gasteiger partial charge in [0.15, 0.2) is 0 Å². The maximum Gasteiger partial charge on any atom is 0.147 e. The summed E-state index contributed by atoms with van der Waals surface area (Å²) in [5.74, 6) is -0.120. The minimum atomic E-state index is -0.312. The Morgan fingerprint density at radius 2 is 1.89 bits per heavy atom. The van der Waals surface area contributed by atoms with Crippen LogP contribution < -0.4 is 0 Å². The number of pyridine rings is 1. The van der Waals surface area contributed by atoms with E-state index in [2.05, 4.69) is 11.1 Å². The average molecular weight is 275 g/mol. The Kier molecular flexibility index (Phi) is 3.82. The molecule has 0 atom stereocenters. The lowest BCUT2D eigenvalue weighted by Crippen LogP contribution is -1.99. The van der Waals surface area contributed by atoms with Crippen LogP contribution in [0.4, 0.5) is 4.39 Å². The predicted molar refractivity (Wildman–Crippen MR) is 73.4 cm³/mol. The van der Waals surface area contributed by atoms with Crippen LogP contribution in [0.2, 0.25) is 5.15 Å². The van der Waals surface area contributed by atoms with Gasteiger partial charge in [-0.1, -0.05) is 37.6 Å². The van der Waals surface area contributed by atoms with Crippen LogP contribution in [0.3, 0.4) is 0 Å². The van der Waals surface area contributed by atoms with Gasteiger partial charge in [0, 0.05) is 11.8 Å². The average Bonchev–Trinajstić information content (AvgIpc) is 2.39. The molecule has 0 saturated heterocycles. The second-order valence-electron chi connectivity index (χ2n) is 4.53. The van der Waals surface area contributed by atoms with Crippen molar-refractivity contribution < 1.29 is 4.39 Å². The largest absolute Gasteiger partial charge is 0.243 e. The summed E-state index contributed by atoms with van der Waals surface area (Å²) in [7, 11) is 0. The zero-order valence-corrected chi connectivity index (χ0v) is 11.4. The van der Waals surface area contributed by atoms with E-state index >= 15 is 0 Å². The number of rotatable bonds is 2. The maximum atomic E-state index is 13.0. The highest BCUT2D eigenvalue weighted by atomic mass is 35.5. The molecule has 0 unspecified atom stereocenters. The molecule has 0 bridgehead atoms. The van der Waals surface area contributed by atoms with Crippen LogP contribution in [0.5, 0.6) is 0 Å². The maximum absolute atomic E-state index is 13.0. The highest BCUT2D eigenvalue weighted by Crippen LogP contribution is 2.34. The van der Waals surface area contributed by atoms with Crippen LogP contribution in [-0.2, 0) is 0 Å². The Morgan fingerprint density at radius 3 is 2.42 bits per heavy atom. The molecule has 0 aliphatic rings. The van der Waals surface area contributed by atoms with Crippen LogP contribution in [0.1, 0.15) is 30.9 Å². The quantitative estimate of drug-likeness (QED) is 0.754. The van der Waals surface area contributed by atoms with Crippen LogP contribution in [0, 0.1) is 17.1 Å². The van der Waals surface area contributed by atoms with Crippen molar-refractivity contribution in [3.8, 4) is 17.2 Å². The highest BCUT2D eigenvalue weighted by Gasteiger charge is 2.17. The van der Waals surface area contributed by atoms with Gasteiger partial charge in [0.2, 0.25) is 0 Å².